The van der Waals surface area contributed by atoms with E-state index in [0.29, 0.717) is 6.29 Å². The summed E-state index contributed by atoms with van der Waals surface area (Å²) in [5, 5.41) is 0. The van der Waals surface area contributed by atoms with Crippen molar-refractivity contribution in [2.45, 2.75) is 43.1 Å². The van der Waals surface area contributed by atoms with E-state index in [1.54, 1.807) is 0 Å². The molecule has 2 aliphatic heterocycles. The summed E-state index contributed by atoms with van der Waals surface area (Å²) >= 11 is 0. The smallest absolute Gasteiger partial charge is 0.247 e. The van der Waals surface area contributed by atoms with E-state index in [-0.39, 0.29) is 6.42 Å². The van der Waals surface area contributed by atoms with Gasteiger partial charge in [0.15, 0.2) is 12.6 Å². The van der Waals surface area contributed by atoms with E-state index >= 15 is 0 Å². The van der Waals surface area contributed by atoms with Gasteiger partial charge in [-0.3, -0.25) is 14.5 Å². The molecular weight excluding hydrogens is 296 g/mol. The van der Waals surface area contributed by atoms with E-state index in [9.17, 15) is 14.4 Å². The van der Waals surface area contributed by atoms with Gasteiger partial charge in [0.05, 0.1) is 12.5 Å². The van der Waals surface area contributed by atoms with Crippen LogP contribution in [0.25, 0.3) is 0 Å². The van der Waals surface area contributed by atoms with Gasteiger partial charge in [0.2, 0.25) is 11.8 Å². The van der Waals surface area contributed by atoms with Gasteiger partial charge in [-0.25, -0.2) is 0 Å². The number of aldehydes is 1. The van der Waals surface area contributed by atoms with Crippen LogP contribution in [0, 0.1) is 0 Å². The van der Waals surface area contributed by atoms with Crippen molar-refractivity contribution < 1.29 is 33.3 Å². The molecule has 9 heteroatoms. The summed E-state index contributed by atoms with van der Waals surface area (Å²) in [5.74, 6) is -0.961. The Morgan fingerprint density at radius 1 is 1.18 bits per heavy atom. The molecule has 0 aromatic heterocycles. The van der Waals surface area contributed by atoms with Crippen LogP contribution >= 0.6 is 0 Å². The van der Waals surface area contributed by atoms with Crippen LogP contribution in [-0.2, 0) is 33.3 Å². The van der Waals surface area contributed by atoms with E-state index < -0.39 is 48.5 Å². The molecule has 6 atom stereocenters. The lowest BCUT2D eigenvalue weighted by molar-refractivity contribution is -0.269. The molecule has 0 aliphatic carbocycles. The molecule has 2 saturated heterocycles. The first-order valence-electron chi connectivity index (χ1n) is 6.80. The first kappa shape index (κ1) is 17.0. The molecule has 22 heavy (non-hydrogen) atoms. The Bertz CT molecular complexity index is 458. The Hall–Kier alpha value is -1.39. The molecule has 0 aromatic rings. The first-order valence-corrected chi connectivity index (χ1v) is 6.80. The van der Waals surface area contributed by atoms with Crippen molar-refractivity contribution in [1.82, 2.24) is 4.90 Å². The number of ether oxygens (including phenoxy) is 4. The Kier molecular flexibility index (Phi) is 5.24. The third kappa shape index (κ3) is 2.66. The number of nitrogens with zero attached hydrogens (tertiary/aromatic N) is 1. The number of methoxy groups -OCH3 is 3. The molecule has 0 bridgehead atoms. The predicted molar refractivity (Wildman–Crippen MR) is 71.6 cm³/mol. The summed E-state index contributed by atoms with van der Waals surface area (Å²) in [6, 6.07) is -1.78. The van der Waals surface area contributed by atoms with Gasteiger partial charge in [0, 0.05) is 21.3 Å². The second-order valence-electron chi connectivity index (χ2n) is 5.14. The number of likely N-dealkylation sites (tertiary alicyclic amines) is 1. The number of nitrogens with two attached hydrogens (primary N) is 1. The van der Waals surface area contributed by atoms with E-state index in [1.807, 2.05) is 0 Å². The highest BCUT2D eigenvalue weighted by Gasteiger charge is 2.54. The molecule has 6 unspecified atom stereocenters. The zero-order chi connectivity index (χ0) is 16.4. The second-order valence-corrected chi connectivity index (χ2v) is 5.14. The van der Waals surface area contributed by atoms with Crippen LogP contribution in [0.1, 0.15) is 6.42 Å². The number of hydrogen-bond donors (Lipinski definition) is 1. The fourth-order valence-electron chi connectivity index (χ4n) is 2.95. The molecular formula is C13H20N2O7. The van der Waals surface area contributed by atoms with Crippen molar-refractivity contribution >= 4 is 18.1 Å². The number of carbonyl (C=O) groups excluding carboxylic acids is 3. The van der Waals surface area contributed by atoms with Crippen molar-refractivity contribution in [1.29, 1.82) is 0 Å². The SMILES string of the molecule is COC1OC(C=O)C(OC)C(OC)C1N1C(=O)CC(N)C1=O. The molecule has 124 valence electrons. The van der Waals surface area contributed by atoms with Crippen LogP contribution in [0.2, 0.25) is 0 Å². The Balaban J connectivity index is 2.39. The van der Waals surface area contributed by atoms with Gasteiger partial charge in [-0.1, -0.05) is 0 Å². The third-order valence-corrected chi connectivity index (χ3v) is 3.98. The summed E-state index contributed by atoms with van der Waals surface area (Å²) in [6.45, 7) is 0. The van der Waals surface area contributed by atoms with Crippen molar-refractivity contribution in [3.8, 4) is 0 Å². The molecule has 0 radical (unpaired) electrons. The van der Waals surface area contributed by atoms with Crippen LogP contribution in [-0.4, -0.2) is 81.0 Å². The van der Waals surface area contributed by atoms with E-state index in [4.69, 9.17) is 24.7 Å². The largest absolute Gasteiger partial charge is 0.376 e. The topological polar surface area (TPSA) is 117 Å². The van der Waals surface area contributed by atoms with Gasteiger partial charge in [0.25, 0.3) is 0 Å². The standard InChI is InChI=1S/C13H20N2O7/c1-19-10-7(5-16)22-13(21-3)9(11(10)20-2)15-8(17)4-6(14)12(15)18/h5-7,9-11,13H,4,14H2,1-3H3. The zero-order valence-electron chi connectivity index (χ0n) is 12.6. The molecule has 2 aliphatic rings. The highest BCUT2D eigenvalue weighted by Crippen LogP contribution is 2.31. The van der Waals surface area contributed by atoms with Crippen LogP contribution in [0.4, 0.5) is 0 Å². The summed E-state index contributed by atoms with van der Waals surface area (Å²) in [5.41, 5.74) is 5.64. The molecule has 2 fully saturated rings. The Labute approximate surface area is 127 Å². The minimum Gasteiger partial charge on any atom is -0.376 e. The molecule has 2 rings (SSSR count). The number of imide groups is 1. The molecule has 0 spiro atoms. The van der Waals surface area contributed by atoms with Crippen LogP contribution in [0.5, 0.6) is 0 Å². The van der Waals surface area contributed by atoms with Crippen molar-refractivity contribution in [2.24, 2.45) is 5.73 Å². The van der Waals surface area contributed by atoms with Crippen LogP contribution in [0.3, 0.4) is 0 Å². The van der Waals surface area contributed by atoms with Crippen LogP contribution in [0.15, 0.2) is 0 Å². The van der Waals surface area contributed by atoms with Gasteiger partial charge in [-0.15, -0.1) is 0 Å². The number of carbonyl (C=O) groups is 3. The second kappa shape index (κ2) is 6.80. The van der Waals surface area contributed by atoms with Crippen LogP contribution < -0.4 is 5.73 Å². The van der Waals surface area contributed by atoms with E-state index in [2.05, 4.69) is 0 Å². The molecule has 2 amide bonds. The first-order chi connectivity index (χ1) is 10.5. The minimum absolute atomic E-state index is 0.0863. The number of hydrogen-bond acceptors (Lipinski definition) is 8. The fourth-order valence-corrected chi connectivity index (χ4v) is 2.95. The normalized spacial score (nSPS) is 39.4. The fraction of sp³-hybridized carbons (Fsp3) is 0.769. The predicted octanol–water partition coefficient (Wildman–Crippen LogP) is -1.96. The van der Waals surface area contributed by atoms with E-state index in [0.717, 1.165) is 4.90 Å². The maximum atomic E-state index is 12.2. The molecule has 0 saturated carbocycles. The lowest BCUT2D eigenvalue weighted by Gasteiger charge is -2.45. The highest BCUT2D eigenvalue weighted by atomic mass is 16.7. The maximum absolute atomic E-state index is 12.2. The quantitative estimate of drug-likeness (QED) is 0.459. The molecule has 0 aromatic carbocycles. The van der Waals surface area contributed by atoms with Crippen molar-refractivity contribution in [3.63, 3.8) is 0 Å². The average Bonchev–Trinajstić information content (AvgIpc) is 2.77. The van der Waals surface area contributed by atoms with Gasteiger partial charge in [0.1, 0.15) is 24.4 Å². The van der Waals surface area contributed by atoms with Gasteiger partial charge in [-0.05, 0) is 0 Å². The van der Waals surface area contributed by atoms with Gasteiger partial charge in [-0.2, -0.15) is 0 Å². The number of rotatable bonds is 5. The average molecular weight is 316 g/mol. The summed E-state index contributed by atoms with van der Waals surface area (Å²) in [7, 11) is 4.14. The monoisotopic (exact) mass is 316 g/mol. The minimum atomic E-state index is -1.01. The highest BCUT2D eigenvalue weighted by molar-refractivity contribution is 6.05. The van der Waals surface area contributed by atoms with Gasteiger partial charge < -0.3 is 29.5 Å². The Morgan fingerprint density at radius 3 is 2.23 bits per heavy atom. The summed E-state index contributed by atoms with van der Waals surface area (Å²) in [6.07, 6.45) is -3.02. The summed E-state index contributed by atoms with van der Waals surface area (Å²) in [4.78, 5) is 36.5. The van der Waals surface area contributed by atoms with Crippen molar-refractivity contribution in [2.75, 3.05) is 21.3 Å². The molecule has 2 N–H and O–H groups in total. The third-order valence-electron chi connectivity index (χ3n) is 3.98. The number of amides is 2. The maximum Gasteiger partial charge on any atom is 0.247 e. The lowest BCUT2D eigenvalue weighted by Crippen LogP contribution is -2.66. The van der Waals surface area contributed by atoms with Crippen molar-refractivity contribution in [3.05, 3.63) is 0 Å². The Morgan fingerprint density at radius 2 is 1.82 bits per heavy atom. The molecule has 9 nitrogen and oxygen atoms in total. The van der Waals surface area contributed by atoms with E-state index in [1.165, 1.54) is 21.3 Å². The lowest BCUT2D eigenvalue weighted by atomic mass is 9.95. The molecule has 2 heterocycles. The van der Waals surface area contributed by atoms with Gasteiger partial charge >= 0.3 is 0 Å². The zero-order valence-corrected chi connectivity index (χ0v) is 12.6. The summed E-state index contributed by atoms with van der Waals surface area (Å²) < 4.78 is 21.3.